The smallest absolute Gasteiger partial charge is 0.240 e. The zero-order valence-corrected chi connectivity index (χ0v) is 20.3. The van der Waals surface area contributed by atoms with Gasteiger partial charge in [0, 0.05) is 32.6 Å². The Morgan fingerprint density at radius 3 is 2.41 bits per heavy atom. The quantitative estimate of drug-likeness (QED) is 0.507. The Kier molecular flexibility index (Phi) is 7.29. The highest BCUT2D eigenvalue weighted by molar-refractivity contribution is 7.89. The third-order valence-electron chi connectivity index (χ3n) is 6.36. The van der Waals surface area contributed by atoms with E-state index in [1.165, 1.54) is 12.1 Å². The summed E-state index contributed by atoms with van der Waals surface area (Å²) in [7, 11) is 0.346. The first-order valence-corrected chi connectivity index (χ1v) is 13.0. The van der Waals surface area contributed by atoms with Crippen molar-refractivity contribution < 1.29 is 8.42 Å². The van der Waals surface area contributed by atoms with Crippen molar-refractivity contribution in [2.75, 3.05) is 37.4 Å². The van der Waals surface area contributed by atoms with E-state index in [0.717, 1.165) is 48.9 Å². The number of benzene rings is 2. The molecule has 1 saturated carbocycles. The Morgan fingerprint density at radius 1 is 1.00 bits per heavy atom. The van der Waals surface area contributed by atoms with Crippen LogP contribution in [0.1, 0.15) is 31.2 Å². The van der Waals surface area contributed by atoms with Crippen molar-refractivity contribution in [1.82, 2.24) is 14.7 Å². The van der Waals surface area contributed by atoms with E-state index in [-0.39, 0.29) is 4.90 Å². The normalized spacial score (nSPS) is 18.4. The minimum Gasteiger partial charge on any atom is -0.362 e. The largest absolute Gasteiger partial charge is 0.362 e. The summed E-state index contributed by atoms with van der Waals surface area (Å²) in [5.74, 6) is 2.33. The van der Waals surface area contributed by atoms with Crippen molar-refractivity contribution in [3.8, 4) is 6.07 Å². The van der Waals surface area contributed by atoms with E-state index in [2.05, 4.69) is 15.0 Å². The highest BCUT2D eigenvalue weighted by Gasteiger charge is 2.24. The highest BCUT2D eigenvalue weighted by Crippen LogP contribution is 2.29. The number of para-hydroxylation sites is 1. The van der Waals surface area contributed by atoms with Crippen LogP contribution in [0.4, 0.5) is 11.8 Å². The van der Waals surface area contributed by atoms with Crippen LogP contribution in [0.25, 0.3) is 10.9 Å². The van der Waals surface area contributed by atoms with Gasteiger partial charge in [-0.3, -0.25) is 0 Å². The van der Waals surface area contributed by atoms with Crippen molar-refractivity contribution >= 4 is 32.7 Å². The zero-order valence-electron chi connectivity index (χ0n) is 19.5. The van der Waals surface area contributed by atoms with Crippen molar-refractivity contribution in [3.63, 3.8) is 0 Å². The monoisotopic (exact) mass is 478 g/mol. The topological polar surface area (TPSA) is 111 Å². The molecule has 0 radical (unpaired) electrons. The van der Waals surface area contributed by atoms with Gasteiger partial charge in [0.15, 0.2) is 0 Å². The number of hydrogen-bond acceptors (Lipinski definition) is 7. The van der Waals surface area contributed by atoms with Crippen LogP contribution < -0.4 is 14.9 Å². The lowest BCUT2D eigenvalue weighted by Crippen LogP contribution is -2.32. The van der Waals surface area contributed by atoms with Gasteiger partial charge in [0.25, 0.3) is 0 Å². The van der Waals surface area contributed by atoms with Gasteiger partial charge in [-0.05, 0) is 67.9 Å². The van der Waals surface area contributed by atoms with Gasteiger partial charge in [0.2, 0.25) is 16.0 Å². The number of nitriles is 1. The standard InChI is InChI=1S/C25H30N6O2S/c1-31(2)24-22-8-3-4-9-23(22)29-25(30-24)27-16-18-10-12-19(13-11-18)17-28-34(32,33)21-7-5-6-20(14-21)15-26/h3-9,14,18-19,28H,10-13,16-17H2,1-2H3,(H,27,29,30)/t18-,19-. The average Bonchev–Trinajstić information content (AvgIpc) is 2.86. The Bertz CT molecular complexity index is 1290. The molecule has 1 aliphatic carbocycles. The first kappa shape index (κ1) is 23.9. The minimum atomic E-state index is -3.62. The van der Waals surface area contributed by atoms with E-state index in [1.54, 1.807) is 12.1 Å². The van der Waals surface area contributed by atoms with Gasteiger partial charge in [0.05, 0.1) is 22.0 Å². The van der Waals surface area contributed by atoms with E-state index in [0.29, 0.717) is 29.9 Å². The summed E-state index contributed by atoms with van der Waals surface area (Å²) >= 11 is 0. The Labute approximate surface area is 201 Å². The predicted molar refractivity (Wildman–Crippen MR) is 134 cm³/mol. The number of nitrogens with one attached hydrogen (secondary N) is 2. The average molecular weight is 479 g/mol. The van der Waals surface area contributed by atoms with Gasteiger partial charge in [0.1, 0.15) is 5.82 Å². The Morgan fingerprint density at radius 2 is 1.71 bits per heavy atom. The molecule has 1 fully saturated rings. The van der Waals surface area contributed by atoms with Crippen LogP contribution >= 0.6 is 0 Å². The molecule has 2 aromatic carbocycles. The molecule has 1 aliphatic rings. The molecule has 0 saturated heterocycles. The second-order valence-electron chi connectivity index (χ2n) is 9.04. The van der Waals surface area contributed by atoms with E-state index >= 15 is 0 Å². The third kappa shape index (κ3) is 5.64. The fourth-order valence-corrected chi connectivity index (χ4v) is 5.56. The summed E-state index contributed by atoms with van der Waals surface area (Å²) in [6.07, 6.45) is 3.98. The summed E-state index contributed by atoms with van der Waals surface area (Å²) in [5.41, 5.74) is 1.25. The lowest BCUT2D eigenvalue weighted by atomic mass is 9.82. The van der Waals surface area contributed by atoms with Crippen LogP contribution in [0.2, 0.25) is 0 Å². The lowest BCUT2D eigenvalue weighted by molar-refractivity contribution is 0.284. The first-order valence-electron chi connectivity index (χ1n) is 11.5. The van der Waals surface area contributed by atoms with Gasteiger partial charge in [-0.15, -0.1) is 0 Å². The van der Waals surface area contributed by atoms with Crippen molar-refractivity contribution in [3.05, 3.63) is 54.1 Å². The van der Waals surface area contributed by atoms with Crippen LogP contribution in [0, 0.1) is 23.2 Å². The zero-order chi connectivity index (χ0) is 24.1. The minimum absolute atomic E-state index is 0.136. The second kappa shape index (κ2) is 10.4. The van der Waals surface area contributed by atoms with E-state index in [1.807, 2.05) is 49.3 Å². The summed E-state index contributed by atoms with van der Waals surface area (Å²) in [5, 5.41) is 13.5. The maximum absolute atomic E-state index is 12.6. The number of hydrogen-bond donors (Lipinski definition) is 2. The number of sulfonamides is 1. The molecule has 178 valence electrons. The molecule has 0 unspecified atom stereocenters. The third-order valence-corrected chi connectivity index (χ3v) is 7.78. The van der Waals surface area contributed by atoms with Crippen LogP contribution in [-0.4, -0.2) is 45.6 Å². The van der Waals surface area contributed by atoms with Crippen LogP contribution in [0.5, 0.6) is 0 Å². The van der Waals surface area contributed by atoms with Gasteiger partial charge >= 0.3 is 0 Å². The molecule has 9 heteroatoms. The maximum atomic E-state index is 12.6. The summed E-state index contributed by atoms with van der Waals surface area (Å²) in [6, 6.07) is 16.1. The molecular weight excluding hydrogens is 448 g/mol. The molecule has 4 rings (SSSR count). The fraction of sp³-hybridized carbons (Fsp3) is 0.400. The van der Waals surface area contributed by atoms with Crippen LogP contribution in [-0.2, 0) is 10.0 Å². The molecule has 1 aromatic heterocycles. The van der Waals surface area contributed by atoms with E-state index in [9.17, 15) is 8.42 Å². The predicted octanol–water partition coefficient (Wildman–Crippen LogP) is 3.76. The summed E-state index contributed by atoms with van der Waals surface area (Å²) < 4.78 is 27.9. The molecule has 0 aliphatic heterocycles. The van der Waals surface area contributed by atoms with Gasteiger partial charge in [-0.2, -0.15) is 10.2 Å². The lowest BCUT2D eigenvalue weighted by Gasteiger charge is -2.28. The van der Waals surface area contributed by atoms with Crippen molar-refractivity contribution in [2.24, 2.45) is 11.8 Å². The molecule has 0 amide bonds. The van der Waals surface area contributed by atoms with Crippen LogP contribution in [0.3, 0.4) is 0 Å². The SMILES string of the molecule is CN(C)c1nc(NC[C@H]2CC[C@H](CNS(=O)(=O)c3cccc(C#N)c3)CC2)nc2ccccc12. The first-order chi connectivity index (χ1) is 16.4. The van der Waals surface area contributed by atoms with Gasteiger partial charge in [-0.25, -0.2) is 18.1 Å². The number of nitrogens with zero attached hydrogens (tertiary/aromatic N) is 4. The molecule has 2 N–H and O–H groups in total. The highest BCUT2D eigenvalue weighted by atomic mass is 32.2. The number of fused-ring (bicyclic) bond motifs is 1. The number of rotatable bonds is 8. The fourth-order valence-electron chi connectivity index (χ4n) is 4.40. The summed E-state index contributed by atoms with van der Waals surface area (Å²) in [4.78, 5) is 11.5. The molecule has 1 heterocycles. The number of aromatic nitrogens is 2. The van der Waals surface area contributed by atoms with E-state index in [4.69, 9.17) is 10.2 Å². The number of anilines is 2. The van der Waals surface area contributed by atoms with Gasteiger partial charge in [-0.1, -0.05) is 18.2 Å². The Hall–Kier alpha value is -3.22. The summed E-state index contributed by atoms with van der Waals surface area (Å²) in [6.45, 7) is 1.21. The van der Waals surface area contributed by atoms with Crippen LogP contribution in [0.15, 0.2) is 53.4 Å². The molecule has 8 nitrogen and oxygen atoms in total. The van der Waals surface area contributed by atoms with Gasteiger partial charge < -0.3 is 10.2 Å². The van der Waals surface area contributed by atoms with Crippen molar-refractivity contribution in [1.29, 1.82) is 5.26 Å². The molecule has 0 spiro atoms. The van der Waals surface area contributed by atoms with E-state index < -0.39 is 10.0 Å². The molecular formula is C25H30N6O2S. The molecule has 3 aromatic rings. The Balaban J connectivity index is 1.29. The molecule has 0 bridgehead atoms. The second-order valence-corrected chi connectivity index (χ2v) is 10.8. The van der Waals surface area contributed by atoms with Crippen molar-refractivity contribution in [2.45, 2.75) is 30.6 Å². The molecule has 0 atom stereocenters. The maximum Gasteiger partial charge on any atom is 0.240 e. The molecule has 34 heavy (non-hydrogen) atoms.